The molecule has 0 bridgehead atoms. The molecule has 34 heavy (non-hydrogen) atoms. The van der Waals surface area contributed by atoms with Crippen molar-refractivity contribution in [2.75, 3.05) is 27.4 Å². The smallest absolute Gasteiger partial charge is 0.228 e. The summed E-state index contributed by atoms with van der Waals surface area (Å²) < 4.78 is 18.7. The monoisotopic (exact) mass is 458 g/mol. The number of ether oxygens (including phenoxy) is 3. The van der Waals surface area contributed by atoms with Crippen molar-refractivity contribution in [3.8, 4) is 17.2 Å². The molecule has 0 unspecified atom stereocenters. The number of rotatable bonds is 10. The molecule has 0 radical (unpaired) electrons. The first-order valence-electron chi connectivity index (χ1n) is 11.3. The van der Waals surface area contributed by atoms with Crippen LogP contribution in [0.2, 0.25) is 0 Å². The van der Waals surface area contributed by atoms with Gasteiger partial charge in [0.2, 0.25) is 5.91 Å². The SMILES string of the molecule is COc1cc2c(OCCN(Cc3ccccc3)Cc3ccccc3)cn(C(C)=O)c2cc1OC. The van der Waals surface area contributed by atoms with Crippen LogP contribution in [0.15, 0.2) is 79.0 Å². The van der Waals surface area contributed by atoms with Gasteiger partial charge in [0, 0.05) is 38.0 Å². The molecule has 4 rings (SSSR count). The van der Waals surface area contributed by atoms with Crippen LogP contribution < -0.4 is 14.2 Å². The van der Waals surface area contributed by atoms with Gasteiger partial charge in [-0.3, -0.25) is 14.3 Å². The maximum Gasteiger partial charge on any atom is 0.228 e. The number of methoxy groups -OCH3 is 2. The summed E-state index contributed by atoms with van der Waals surface area (Å²) in [6.45, 7) is 4.37. The molecule has 0 spiro atoms. The molecule has 0 aliphatic heterocycles. The normalized spacial score (nSPS) is 11.1. The molecular formula is C28H30N2O4. The van der Waals surface area contributed by atoms with E-state index in [9.17, 15) is 4.79 Å². The zero-order valence-electron chi connectivity index (χ0n) is 19.9. The van der Waals surface area contributed by atoms with Gasteiger partial charge in [-0.2, -0.15) is 0 Å². The van der Waals surface area contributed by atoms with Crippen molar-refractivity contribution in [2.24, 2.45) is 0 Å². The lowest BCUT2D eigenvalue weighted by molar-refractivity contribution is 0.0940. The van der Waals surface area contributed by atoms with Gasteiger partial charge in [-0.25, -0.2) is 0 Å². The second kappa shape index (κ2) is 10.9. The van der Waals surface area contributed by atoms with Crippen molar-refractivity contribution in [2.45, 2.75) is 20.0 Å². The molecule has 0 saturated heterocycles. The van der Waals surface area contributed by atoms with Crippen LogP contribution in [0.25, 0.3) is 10.9 Å². The lowest BCUT2D eigenvalue weighted by Gasteiger charge is -2.22. The summed E-state index contributed by atoms with van der Waals surface area (Å²) in [5.74, 6) is 1.71. The Morgan fingerprint density at radius 2 is 1.38 bits per heavy atom. The number of benzene rings is 3. The minimum absolute atomic E-state index is 0.0955. The average Bonchev–Trinajstić information content (AvgIpc) is 3.22. The highest BCUT2D eigenvalue weighted by Gasteiger charge is 2.17. The molecule has 0 fully saturated rings. The average molecular weight is 459 g/mol. The fraction of sp³-hybridized carbons (Fsp3) is 0.250. The standard InChI is InChI=1S/C28H30N2O4/c1-21(31)30-20-28(24-16-26(32-2)27(33-3)17-25(24)30)34-15-14-29(18-22-10-6-4-7-11-22)19-23-12-8-5-9-13-23/h4-13,16-17,20H,14-15,18-19H2,1-3H3. The fourth-order valence-electron chi connectivity index (χ4n) is 4.08. The number of carbonyl (C=O) groups excluding carboxylic acids is 1. The quantitative estimate of drug-likeness (QED) is 0.319. The first-order chi connectivity index (χ1) is 16.6. The van der Waals surface area contributed by atoms with Crippen LogP contribution in [0.4, 0.5) is 0 Å². The van der Waals surface area contributed by atoms with Gasteiger partial charge in [0.05, 0.1) is 25.9 Å². The summed E-state index contributed by atoms with van der Waals surface area (Å²) in [5.41, 5.74) is 3.23. The highest BCUT2D eigenvalue weighted by atomic mass is 16.5. The van der Waals surface area contributed by atoms with Gasteiger partial charge in [-0.05, 0) is 17.2 Å². The Labute approximate surface area is 200 Å². The molecule has 0 amide bonds. The van der Waals surface area contributed by atoms with Gasteiger partial charge >= 0.3 is 0 Å². The van der Waals surface area contributed by atoms with Crippen LogP contribution in [0.5, 0.6) is 17.2 Å². The fourth-order valence-corrected chi connectivity index (χ4v) is 4.08. The van der Waals surface area contributed by atoms with Crippen LogP contribution in [0.3, 0.4) is 0 Å². The number of hydrogen-bond donors (Lipinski definition) is 0. The van der Waals surface area contributed by atoms with Crippen molar-refractivity contribution in [1.82, 2.24) is 9.47 Å². The molecule has 3 aromatic carbocycles. The number of carbonyl (C=O) groups is 1. The molecule has 6 nitrogen and oxygen atoms in total. The largest absolute Gasteiger partial charge is 0.493 e. The third-order valence-corrected chi connectivity index (χ3v) is 5.78. The molecule has 0 N–H and O–H groups in total. The number of nitrogens with zero attached hydrogens (tertiary/aromatic N) is 2. The molecule has 1 aromatic heterocycles. The van der Waals surface area contributed by atoms with Crippen LogP contribution in [-0.4, -0.2) is 42.7 Å². The third kappa shape index (κ3) is 5.41. The zero-order valence-corrected chi connectivity index (χ0v) is 19.9. The van der Waals surface area contributed by atoms with Crippen molar-refractivity contribution < 1.29 is 19.0 Å². The minimum Gasteiger partial charge on any atom is -0.493 e. The van der Waals surface area contributed by atoms with Crippen molar-refractivity contribution in [1.29, 1.82) is 0 Å². The Balaban J connectivity index is 1.54. The molecule has 0 atom stereocenters. The van der Waals surface area contributed by atoms with Gasteiger partial charge in [-0.15, -0.1) is 0 Å². The van der Waals surface area contributed by atoms with E-state index in [1.807, 2.05) is 18.2 Å². The van der Waals surface area contributed by atoms with Crippen LogP contribution >= 0.6 is 0 Å². The molecule has 4 aromatic rings. The maximum absolute atomic E-state index is 12.2. The van der Waals surface area contributed by atoms with E-state index in [1.54, 1.807) is 31.0 Å². The highest BCUT2D eigenvalue weighted by molar-refractivity contribution is 5.97. The Hall–Kier alpha value is -3.77. The van der Waals surface area contributed by atoms with Crippen LogP contribution in [0, 0.1) is 0 Å². The van der Waals surface area contributed by atoms with Crippen LogP contribution in [-0.2, 0) is 13.1 Å². The predicted octanol–water partition coefficient (Wildman–Crippen LogP) is 5.40. The zero-order chi connectivity index (χ0) is 23.9. The number of fused-ring (bicyclic) bond motifs is 1. The van der Waals surface area contributed by atoms with E-state index in [0.717, 1.165) is 30.5 Å². The van der Waals surface area contributed by atoms with Crippen LogP contribution in [0.1, 0.15) is 22.8 Å². The second-order valence-electron chi connectivity index (χ2n) is 8.14. The Morgan fingerprint density at radius 3 is 1.91 bits per heavy atom. The van der Waals surface area contributed by atoms with E-state index < -0.39 is 0 Å². The second-order valence-corrected chi connectivity index (χ2v) is 8.14. The first-order valence-corrected chi connectivity index (χ1v) is 11.3. The number of aromatic nitrogens is 1. The van der Waals surface area contributed by atoms with E-state index >= 15 is 0 Å². The van der Waals surface area contributed by atoms with E-state index in [2.05, 4.69) is 53.4 Å². The van der Waals surface area contributed by atoms with Gasteiger partial charge in [0.25, 0.3) is 0 Å². The number of hydrogen-bond acceptors (Lipinski definition) is 5. The Bertz CT molecular complexity index is 1190. The van der Waals surface area contributed by atoms with E-state index in [-0.39, 0.29) is 5.91 Å². The first kappa shape index (κ1) is 23.4. The van der Waals surface area contributed by atoms with Crippen molar-refractivity contribution in [3.63, 3.8) is 0 Å². The topological polar surface area (TPSA) is 52.9 Å². The van der Waals surface area contributed by atoms with E-state index in [1.165, 1.54) is 18.1 Å². The molecule has 6 heteroatoms. The summed E-state index contributed by atoms with van der Waals surface area (Å²) in [4.78, 5) is 14.6. The summed E-state index contributed by atoms with van der Waals surface area (Å²) in [7, 11) is 3.17. The lowest BCUT2D eigenvalue weighted by Crippen LogP contribution is -2.27. The molecule has 0 aliphatic rings. The summed E-state index contributed by atoms with van der Waals surface area (Å²) in [6, 6.07) is 24.5. The Kier molecular flexibility index (Phi) is 7.50. The summed E-state index contributed by atoms with van der Waals surface area (Å²) in [6.07, 6.45) is 1.74. The summed E-state index contributed by atoms with van der Waals surface area (Å²) >= 11 is 0. The van der Waals surface area contributed by atoms with Gasteiger partial charge in [0.15, 0.2) is 11.5 Å². The minimum atomic E-state index is -0.0955. The molecule has 0 aliphatic carbocycles. The molecular weight excluding hydrogens is 428 g/mol. The van der Waals surface area contributed by atoms with Gasteiger partial charge in [-0.1, -0.05) is 60.7 Å². The molecule has 1 heterocycles. The van der Waals surface area contributed by atoms with Gasteiger partial charge in [0.1, 0.15) is 12.4 Å². The maximum atomic E-state index is 12.2. The summed E-state index contributed by atoms with van der Waals surface area (Å²) in [5, 5.41) is 0.811. The van der Waals surface area contributed by atoms with E-state index in [0.29, 0.717) is 23.9 Å². The molecule has 176 valence electrons. The highest BCUT2D eigenvalue weighted by Crippen LogP contribution is 2.37. The van der Waals surface area contributed by atoms with Gasteiger partial charge < -0.3 is 14.2 Å². The lowest BCUT2D eigenvalue weighted by atomic mass is 10.1. The van der Waals surface area contributed by atoms with E-state index in [4.69, 9.17) is 14.2 Å². The Morgan fingerprint density at radius 1 is 0.824 bits per heavy atom. The van der Waals surface area contributed by atoms with Crippen molar-refractivity contribution in [3.05, 3.63) is 90.1 Å². The predicted molar refractivity (Wildman–Crippen MR) is 134 cm³/mol. The third-order valence-electron chi connectivity index (χ3n) is 5.78. The molecule has 0 saturated carbocycles. The van der Waals surface area contributed by atoms with Crippen molar-refractivity contribution >= 4 is 16.8 Å².